The van der Waals surface area contributed by atoms with Gasteiger partial charge in [-0.1, -0.05) is 42.5 Å². The molecule has 7 nitrogen and oxygen atoms in total. The van der Waals surface area contributed by atoms with Crippen molar-refractivity contribution in [3.63, 3.8) is 0 Å². The molecule has 7 heteroatoms. The first kappa shape index (κ1) is 18.1. The maximum atomic E-state index is 12.8. The maximum absolute atomic E-state index is 12.8. The molecule has 0 spiro atoms. The summed E-state index contributed by atoms with van der Waals surface area (Å²) in [7, 11) is 0. The van der Waals surface area contributed by atoms with Crippen LogP contribution in [0.1, 0.15) is 15.9 Å². The van der Waals surface area contributed by atoms with Gasteiger partial charge in [0.1, 0.15) is 12.7 Å². The third kappa shape index (κ3) is 4.32. The highest BCUT2D eigenvalue weighted by molar-refractivity contribution is 5.94. The molecule has 0 bridgehead atoms. The Bertz CT molecular complexity index is 931. The highest BCUT2D eigenvalue weighted by Crippen LogP contribution is 2.12. The summed E-state index contributed by atoms with van der Waals surface area (Å²) < 4.78 is 1.55. The second kappa shape index (κ2) is 8.58. The quantitative estimate of drug-likeness (QED) is 0.684. The van der Waals surface area contributed by atoms with Crippen molar-refractivity contribution in [2.45, 2.75) is 0 Å². The maximum Gasteiger partial charge on any atom is 0.254 e. The zero-order valence-corrected chi connectivity index (χ0v) is 15.6. The Morgan fingerprint density at radius 1 is 1.07 bits per heavy atom. The lowest BCUT2D eigenvalue weighted by Crippen LogP contribution is -2.48. The third-order valence-corrected chi connectivity index (χ3v) is 4.78. The number of amides is 1. The molecular weight excluding hydrogens is 352 g/mol. The van der Waals surface area contributed by atoms with Crippen molar-refractivity contribution in [1.29, 1.82) is 0 Å². The number of aromatic nitrogens is 4. The number of carbonyl (C=O) groups is 1. The van der Waals surface area contributed by atoms with Gasteiger partial charge in [0.25, 0.3) is 5.91 Å². The van der Waals surface area contributed by atoms with Gasteiger partial charge in [0.15, 0.2) is 5.82 Å². The van der Waals surface area contributed by atoms with E-state index < -0.39 is 0 Å². The van der Waals surface area contributed by atoms with Crippen LogP contribution in [-0.4, -0.2) is 68.2 Å². The van der Waals surface area contributed by atoms with E-state index >= 15 is 0 Å². The molecule has 1 aliphatic heterocycles. The molecule has 1 fully saturated rings. The minimum Gasteiger partial charge on any atom is -0.336 e. The minimum atomic E-state index is 0.0308. The molecular formula is C21H22N6O. The van der Waals surface area contributed by atoms with E-state index in [1.54, 1.807) is 29.3 Å². The van der Waals surface area contributed by atoms with E-state index in [9.17, 15) is 4.79 Å². The second-order valence-corrected chi connectivity index (χ2v) is 6.65. The van der Waals surface area contributed by atoms with Gasteiger partial charge in [-0.2, -0.15) is 5.10 Å². The first-order chi connectivity index (χ1) is 13.8. The lowest BCUT2D eigenvalue weighted by molar-refractivity contribution is 0.0650. The summed E-state index contributed by atoms with van der Waals surface area (Å²) in [6.45, 7) is 4.07. The summed E-state index contributed by atoms with van der Waals surface area (Å²) in [6.07, 6.45) is 8.97. The molecule has 1 saturated heterocycles. The molecule has 142 valence electrons. The number of piperazine rings is 1. The van der Waals surface area contributed by atoms with Crippen molar-refractivity contribution in [2.24, 2.45) is 0 Å². The standard InChI is InChI=1S/C21H22N6O/c28-21(19-8-9-23-20(15-19)27-17-22-16-24-27)26-13-11-25(12-14-26)10-4-7-18-5-2-1-3-6-18/h1-9,15-17H,10-14H2/b7-4+. The molecule has 1 aromatic carbocycles. The van der Waals surface area contributed by atoms with Crippen LogP contribution in [0.15, 0.2) is 67.4 Å². The molecule has 4 rings (SSSR count). The first-order valence-corrected chi connectivity index (χ1v) is 9.34. The topological polar surface area (TPSA) is 67.2 Å². The van der Waals surface area contributed by atoms with Crippen LogP contribution < -0.4 is 0 Å². The van der Waals surface area contributed by atoms with E-state index in [1.165, 1.54) is 11.9 Å². The summed E-state index contributed by atoms with van der Waals surface area (Å²) in [5.41, 5.74) is 1.83. The SMILES string of the molecule is O=C(c1ccnc(-n2cncn2)c1)N1CCN(C/C=C/c2ccccc2)CC1. The van der Waals surface area contributed by atoms with Crippen molar-refractivity contribution < 1.29 is 4.79 Å². The third-order valence-electron chi connectivity index (χ3n) is 4.78. The average molecular weight is 374 g/mol. The van der Waals surface area contributed by atoms with Gasteiger partial charge in [0.2, 0.25) is 0 Å². The van der Waals surface area contributed by atoms with Crippen LogP contribution in [-0.2, 0) is 0 Å². The molecule has 28 heavy (non-hydrogen) atoms. The van der Waals surface area contributed by atoms with Gasteiger partial charge in [-0.05, 0) is 17.7 Å². The van der Waals surface area contributed by atoms with Crippen molar-refractivity contribution in [3.8, 4) is 5.82 Å². The summed E-state index contributed by atoms with van der Waals surface area (Å²) in [5, 5.41) is 4.06. The molecule has 0 saturated carbocycles. The highest BCUT2D eigenvalue weighted by Gasteiger charge is 2.22. The number of benzene rings is 1. The van der Waals surface area contributed by atoms with Gasteiger partial charge in [0, 0.05) is 44.5 Å². The normalized spacial score (nSPS) is 15.2. The molecule has 0 N–H and O–H groups in total. The number of hydrogen-bond donors (Lipinski definition) is 0. The molecule has 3 heterocycles. The average Bonchev–Trinajstić information content (AvgIpc) is 3.30. The number of carbonyl (C=O) groups excluding carboxylic acids is 1. The molecule has 3 aromatic rings. The van der Waals surface area contributed by atoms with E-state index in [1.807, 2.05) is 23.1 Å². The van der Waals surface area contributed by atoms with Crippen molar-refractivity contribution >= 4 is 12.0 Å². The number of rotatable bonds is 5. The Kier molecular flexibility index (Phi) is 5.53. The summed E-state index contributed by atoms with van der Waals surface area (Å²) in [4.78, 5) is 25.3. The van der Waals surface area contributed by atoms with Gasteiger partial charge < -0.3 is 4.90 Å². The van der Waals surface area contributed by atoms with Crippen LogP contribution in [0.2, 0.25) is 0 Å². The summed E-state index contributed by atoms with van der Waals surface area (Å²) in [5.74, 6) is 0.622. The zero-order chi connectivity index (χ0) is 19.2. The number of hydrogen-bond acceptors (Lipinski definition) is 5. The van der Waals surface area contributed by atoms with Crippen LogP contribution >= 0.6 is 0 Å². The van der Waals surface area contributed by atoms with E-state index in [-0.39, 0.29) is 5.91 Å². The monoisotopic (exact) mass is 374 g/mol. The molecule has 0 radical (unpaired) electrons. The first-order valence-electron chi connectivity index (χ1n) is 9.34. The van der Waals surface area contributed by atoms with E-state index in [4.69, 9.17) is 0 Å². The lowest BCUT2D eigenvalue weighted by atomic mass is 10.2. The Labute approximate surface area is 163 Å². The second-order valence-electron chi connectivity index (χ2n) is 6.65. The van der Waals surface area contributed by atoms with E-state index in [2.05, 4.69) is 44.3 Å². The van der Waals surface area contributed by atoms with Gasteiger partial charge in [-0.3, -0.25) is 9.69 Å². The molecule has 1 amide bonds. The Morgan fingerprint density at radius 2 is 1.89 bits per heavy atom. The summed E-state index contributed by atoms with van der Waals surface area (Å²) >= 11 is 0. The van der Waals surface area contributed by atoms with E-state index in [0.29, 0.717) is 11.4 Å². The van der Waals surface area contributed by atoms with Crippen molar-refractivity contribution in [1.82, 2.24) is 29.5 Å². The van der Waals surface area contributed by atoms with Crippen molar-refractivity contribution in [3.05, 3.63) is 78.5 Å². The molecule has 0 unspecified atom stereocenters. The minimum absolute atomic E-state index is 0.0308. The predicted molar refractivity (Wildman–Crippen MR) is 107 cm³/mol. The largest absolute Gasteiger partial charge is 0.336 e. The fourth-order valence-corrected chi connectivity index (χ4v) is 3.22. The van der Waals surface area contributed by atoms with Gasteiger partial charge in [-0.15, -0.1) is 0 Å². The van der Waals surface area contributed by atoms with Crippen LogP contribution in [0.5, 0.6) is 0 Å². The van der Waals surface area contributed by atoms with Crippen molar-refractivity contribution in [2.75, 3.05) is 32.7 Å². The van der Waals surface area contributed by atoms with Gasteiger partial charge >= 0.3 is 0 Å². The van der Waals surface area contributed by atoms with Crippen LogP contribution in [0.25, 0.3) is 11.9 Å². The predicted octanol–water partition coefficient (Wildman–Crippen LogP) is 2.13. The molecule has 1 aliphatic rings. The Balaban J connectivity index is 1.32. The lowest BCUT2D eigenvalue weighted by Gasteiger charge is -2.34. The fourth-order valence-electron chi connectivity index (χ4n) is 3.22. The van der Waals surface area contributed by atoms with Gasteiger partial charge in [0.05, 0.1) is 0 Å². The smallest absolute Gasteiger partial charge is 0.254 e. The van der Waals surface area contributed by atoms with Crippen LogP contribution in [0, 0.1) is 0 Å². The molecule has 0 atom stereocenters. The Morgan fingerprint density at radius 3 is 2.64 bits per heavy atom. The summed E-state index contributed by atoms with van der Waals surface area (Å²) in [6, 6.07) is 13.8. The zero-order valence-electron chi connectivity index (χ0n) is 15.6. The molecule has 2 aromatic heterocycles. The van der Waals surface area contributed by atoms with Crippen LogP contribution in [0.3, 0.4) is 0 Å². The van der Waals surface area contributed by atoms with E-state index in [0.717, 1.165) is 32.7 Å². The highest BCUT2D eigenvalue weighted by atomic mass is 16.2. The number of pyridine rings is 1. The number of nitrogens with zero attached hydrogens (tertiary/aromatic N) is 6. The Hall–Kier alpha value is -3.32. The fraction of sp³-hybridized carbons (Fsp3) is 0.238. The molecule has 0 aliphatic carbocycles. The van der Waals surface area contributed by atoms with Crippen LogP contribution in [0.4, 0.5) is 0 Å². The van der Waals surface area contributed by atoms with Gasteiger partial charge in [-0.25, -0.2) is 14.6 Å².